The standard InChI is InChI=1S/C11H13O3/c1-11(2,3)14-10(13)8-5-4-6-9(12)7-8/h4-7H,1-3H3. The van der Waals surface area contributed by atoms with Gasteiger partial charge in [-0.25, -0.2) is 4.79 Å². The minimum Gasteiger partial charge on any atom is -0.456 e. The highest BCUT2D eigenvalue weighted by molar-refractivity contribution is 5.90. The number of carbonyl (C=O) groups is 1. The number of benzene rings is 1. The lowest BCUT2D eigenvalue weighted by Crippen LogP contribution is -2.23. The van der Waals surface area contributed by atoms with Gasteiger partial charge in [0.05, 0.1) is 5.56 Å². The predicted octanol–water partition coefficient (Wildman–Crippen LogP) is 2.79. The molecule has 0 aromatic heterocycles. The molecule has 14 heavy (non-hydrogen) atoms. The third kappa shape index (κ3) is 3.09. The largest absolute Gasteiger partial charge is 0.456 e. The van der Waals surface area contributed by atoms with Gasteiger partial charge in [0.2, 0.25) is 0 Å². The van der Waals surface area contributed by atoms with Crippen molar-refractivity contribution in [2.75, 3.05) is 0 Å². The first-order chi connectivity index (χ1) is 6.38. The van der Waals surface area contributed by atoms with Crippen LogP contribution in [-0.4, -0.2) is 11.6 Å². The van der Waals surface area contributed by atoms with Crippen molar-refractivity contribution < 1.29 is 14.6 Å². The Morgan fingerprint density at radius 1 is 1.29 bits per heavy atom. The molecule has 1 aromatic rings. The molecule has 1 aromatic carbocycles. The Morgan fingerprint density at radius 3 is 2.43 bits per heavy atom. The second-order valence-electron chi connectivity index (χ2n) is 4.03. The molecule has 0 amide bonds. The van der Waals surface area contributed by atoms with Crippen molar-refractivity contribution in [3.05, 3.63) is 29.8 Å². The molecule has 0 saturated heterocycles. The van der Waals surface area contributed by atoms with E-state index in [4.69, 9.17) is 4.74 Å². The first-order valence-electron chi connectivity index (χ1n) is 4.39. The summed E-state index contributed by atoms with van der Waals surface area (Å²) in [4.78, 5) is 11.5. The van der Waals surface area contributed by atoms with Crippen molar-refractivity contribution in [2.24, 2.45) is 0 Å². The monoisotopic (exact) mass is 193 g/mol. The second-order valence-corrected chi connectivity index (χ2v) is 4.03. The zero-order chi connectivity index (χ0) is 10.8. The van der Waals surface area contributed by atoms with Gasteiger partial charge in [-0.2, -0.15) is 0 Å². The van der Waals surface area contributed by atoms with E-state index in [9.17, 15) is 9.90 Å². The molecule has 0 aliphatic rings. The number of hydrogen-bond acceptors (Lipinski definition) is 2. The smallest absolute Gasteiger partial charge is 0.338 e. The van der Waals surface area contributed by atoms with Gasteiger partial charge in [0.15, 0.2) is 5.75 Å². The first kappa shape index (κ1) is 10.6. The van der Waals surface area contributed by atoms with Crippen LogP contribution in [-0.2, 0) is 9.84 Å². The van der Waals surface area contributed by atoms with Gasteiger partial charge in [0, 0.05) is 0 Å². The van der Waals surface area contributed by atoms with Crippen molar-refractivity contribution in [3.63, 3.8) is 0 Å². The molecule has 0 aliphatic heterocycles. The van der Waals surface area contributed by atoms with E-state index in [-0.39, 0.29) is 5.75 Å². The topological polar surface area (TPSA) is 46.2 Å². The second kappa shape index (κ2) is 3.70. The van der Waals surface area contributed by atoms with E-state index in [1.54, 1.807) is 32.9 Å². The fourth-order valence-electron chi connectivity index (χ4n) is 0.960. The molecule has 0 N–H and O–H groups in total. The fourth-order valence-corrected chi connectivity index (χ4v) is 0.960. The summed E-state index contributed by atoms with van der Waals surface area (Å²) in [5, 5.41) is 11.0. The number of hydrogen-bond donors (Lipinski definition) is 0. The molecule has 3 heteroatoms. The molecule has 3 nitrogen and oxygen atoms in total. The molecule has 0 bridgehead atoms. The Hall–Kier alpha value is -1.51. The zero-order valence-electron chi connectivity index (χ0n) is 8.53. The van der Waals surface area contributed by atoms with Crippen LogP contribution in [0.15, 0.2) is 24.3 Å². The Kier molecular flexibility index (Phi) is 2.79. The van der Waals surface area contributed by atoms with Gasteiger partial charge in [0.25, 0.3) is 0 Å². The Bertz CT molecular complexity index is 337. The van der Waals surface area contributed by atoms with Gasteiger partial charge >= 0.3 is 5.97 Å². The van der Waals surface area contributed by atoms with Gasteiger partial charge in [-0.3, -0.25) is 5.11 Å². The summed E-state index contributed by atoms with van der Waals surface area (Å²) < 4.78 is 5.10. The Balaban J connectivity index is 2.80. The van der Waals surface area contributed by atoms with E-state index in [0.717, 1.165) is 0 Å². The highest BCUT2D eigenvalue weighted by atomic mass is 16.6. The molecule has 0 saturated carbocycles. The van der Waals surface area contributed by atoms with Crippen LogP contribution in [0.1, 0.15) is 31.1 Å². The van der Waals surface area contributed by atoms with Crippen LogP contribution in [0.4, 0.5) is 0 Å². The molecular weight excluding hydrogens is 180 g/mol. The van der Waals surface area contributed by atoms with Gasteiger partial charge < -0.3 is 4.74 Å². The summed E-state index contributed by atoms with van der Waals surface area (Å²) >= 11 is 0. The Labute approximate surface area is 83.3 Å². The van der Waals surface area contributed by atoms with E-state index in [1.807, 2.05) is 0 Å². The Morgan fingerprint density at radius 2 is 1.93 bits per heavy atom. The first-order valence-corrected chi connectivity index (χ1v) is 4.39. The molecule has 0 spiro atoms. The van der Waals surface area contributed by atoms with Crippen molar-refractivity contribution in [3.8, 4) is 5.75 Å². The quantitative estimate of drug-likeness (QED) is 0.644. The number of ether oxygens (including phenoxy) is 1. The summed E-state index contributed by atoms with van der Waals surface area (Å²) in [6.07, 6.45) is 0. The van der Waals surface area contributed by atoms with Crippen molar-refractivity contribution in [2.45, 2.75) is 26.4 Å². The van der Waals surface area contributed by atoms with E-state index in [1.165, 1.54) is 12.1 Å². The summed E-state index contributed by atoms with van der Waals surface area (Å²) in [7, 11) is 0. The van der Waals surface area contributed by atoms with Gasteiger partial charge in [-0.15, -0.1) is 0 Å². The van der Waals surface area contributed by atoms with Crippen molar-refractivity contribution in [1.29, 1.82) is 0 Å². The number of rotatable bonds is 1. The summed E-state index contributed by atoms with van der Waals surface area (Å²) in [5.41, 5.74) is -0.233. The van der Waals surface area contributed by atoms with Crippen molar-refractivity contribution in [1.82, 2.24) is 0 Å². The van der Waals surface area contributed by atoms with Crippen LogP contribution in [0.2, 0.25) is 0 Å². The maximum absolute atomic E-state index is 11.5. The lowest BCUT2D eigenvalue weighted by molar-refractivity contribution is 0.00689. The SMILES string of the molecule is CC(C)(C)OC(=O)c1cccc([O])c1. The average Bonchev–Trinajstić information content (AvgIpc) is 2.01. The third-order valence-electron chi connectivity index (χ3n) is 1.47. The molecule has 0 atom stereocenters. The van der Waals surface area contributed by atoms with Crippen LogP contribution in [0.5, 0.6) is 5.75 Å². The molecule has 1 rings (SSSR count). The van der Waals surface area contributed by atoms with E-state index < -0.39 is 11.6 Å². The minimum absolute atomic E-state index is 0.187. The maximum atomic E-state index is 11.5. The normalized spacial score (nSPS) is 11.1. The van der Waals surface area contributed by atoms with Gasteiger partial charge in [0.1, 0.15) is 5.60 Å². The highest BCUT2D eigenvalue weighted by Gasteiger charge is 2.17. The number of esters is 1. The molecular formula is C11H13O3. The summed E-state index contributed by atoms with van der Waals surface area (Å²) in [5.74, 6) is -0.649. The molecule has 0 unspecified atom stereocenters. The summed E-state index contributed by atoms with van der Waals surface area (Å²) in [6, 6.07) is 5.78. The molecule has 75 valence electrons. The summed E-state index contributed by atoms with van der Waals surface area (Å²) in [6.45, 7) is 5.35. The fraction of sp³-hybridized carbons (Fsp3) is 0.364. The predicted molar refractivity (Wildman–Crippen MR) is 51.7 cm³/mol. The average molecular weight is 193 g/mol. The minimum atomic E-state index is -0.532. The zero-order valence-corrected chi connectivity index (χ0v) is 8.53. The highest BCUT2D eigenvalue weighted by Crippen LogP contribution is 2.16. The van der Waals surface area contributed by atoms with Crippen LogP contribution in [0, 0.1) is 0 Å². The molecule has 0 fully saturated rings. The van der Waals surface area contributed by atoms with Gasteiger partial charge in [-0.05, 0) is 39.0 Å². The van der Waals surface area contributed by atoms with Crippen LogP contribution >= 0.6 is 0 Å². The lowest BCUT2D eigenvalue weighted by atomic mass is 10.1. The third-order valence-corrected chi connectivity index (χ3v) is 1.47. The molecule has 0 heterocycles. The van der Waals surface area contributed by atoms with E-state index in [0.29, 0.717) is 5.56 Å². The van der Waals surface area contributed by atoms with E-state index >= 15 is 0 Å². The van der Waals surface area contributed by atoms with Crippen LogP contribution in [0.3, 0.4) is 0 Å². The van der Waals surface area contributed by atoms with Crippen molar-refractivity contribution >= 4 is 5.97 Å². The maximum Gasteiger partial charge on any atom is 0.338 e. The van der Waals surface area contributed by atoms with Crippen LogP contribution < -0.4 is 0 Å². The van der Waals surface area contributed by atoms with Crippen LogP contribution in [0.25, 0.3) is 0 Å². The number of carbonyl (C=O) groups excluding carboxylic acids is 1. The lowest BCUT2D eigenvalue weighted by Gasteiger charge is -2.19. The molecule has 1 radical (unpaired) electrons. The van der Waals surface area contributed by atoms with Gasteiger partial charge in [-0.1, -0.05) is 6.07 Å². The van der Waals surface area contributed by atoms with E-state index in [2.05, 4.69) is 0 Å². The molecule has 0 aliphatic carbocycles.